The molecular weight excluding hydrogens is 456 g/mol. The number of esters is 1. The van der Waals surface area contributed by atoms with E-state index in [9.17, 15) is 19.2 Å². The number of carbonyl (C=O) groups is 4. The summed E-state index contributed by atoms with van der Waals surface area (Å²) >= 11 is 0. The maximum absolute atomic E-state index is 12.5. The molecule has 6 nitrogen and oxygen atoms in total. The fraction of sp³-hybridized carbons (Fsp3) is 0.533. The number of hydrogen-bond acceptors (Lipinski definition) is 6. The Bertz CT molecular complexity index is 947. The smallest absolute Gasteiger partial charge is 0.306 e. The summed E-state index contributed by atoms with van der Waals surface area (Å²) in [5.74, 6) is -2.98. The average molecular weight is 495 g/mol. The minimum atomic E-state index is -0.820. The molecule has 0 amide bonds. The van der Waals surface area contributed by atoms with Crippen molar-refractivity contribution in [3.63, 3.8) is 0 Å². The van der Waals surface area contributed by atoms with Crippen molar-refractivity contribution in [1.82, 2.24) is 0 Å². The van der Waals surface area contributed by atoms with Crippen molar-refractivity contribution in [1.29, 1.82) is 0 Å². The fourth-order valence-corrected chi connectivity index (χ4v) is 5.34. The number of unbranched alkanes of at least 4 members (excludes halogenated alkanes) is 5. The number of carbonyl (C=O) groups excluding carboxylic acids is 4. The molecule has 2 saturated carbocycles. The third-order valence-corrected chi connectivity index (χ3v) is 7.31. The summed E-state index contributed by atoms with van der Waals surface area (Å²) in [6, 6.07) is 9.57. The summed E-state index contributed by atoms with van der Waals surface area (Å²) < 4.78 is 5.30. The number of allylic oxidation sites excluding steroid dienone is 4. The number of hydrogen-bond donors (Lipinski definition) is 1. The van der Waals surface area contributed by atoms with Crippen LogP contribution in [0.25, 0.3) is 0 Å². The second-order valence-electron chi connectivity index (χ2n) is 9.85. The summed E-state index contributed by atoms with van der Waals surface area (Å²) in [6.45, 7) is 0.501. The molecule has 2 fully saturated rings. The third kappa shape index (κ3) is 7.82. The molecule has 3 rings (SSSR count). The Morgan fingerprint density at radius 3 is 2.39 bits per heavy atom. The molecule has 0 aromatic heterocycles. The van der Waals surface area contributed by atoms with Crippen molar-refractivity contribution in [3.05, 3.63) is 60.2 Å². The van der Waals surface area contributed by atoms with Gasteiger partial charge in [0.2, 0.25) is 11.6 Å². The molecule has 36 heavy (non-hydrogen) atoms. The first-order chi connectivity index (χ1) is 17.5. The van der Waals surface area contributed by atoms with Gasteiger partial charge in [-0.05, 0) is 62.3 Å². The first-order valence-electron chi connectivity index (χ1n) is 13.3. The number of aliphatic hydroxyl groups excluding tert-OH is 1. The van der Waals surface area contributed by atoms with E-state index < -0.39 is 17.3 Å². The second-order valence-corrected chi connectivity index (χ2v) is 9.85. The highest BCUT2D eigenvalue weighted by molar-refractivity contribution is 6.65. The van der Waals surface area contributed by atoms with Gasteiger partial charge in [-0.1, -0.05) is 67.5 Å². The van der Waals surface area contributed by atoms with Crippen LogP contribution in [-0.2, 0) is 30.5 Å². The molecular formula is C30H38O6. The largest absolute Gasteiger partial charge is 0.461 e. The maximum Gasteiger partial charge on any atom is 0.306 e. The molecule has 6 heteroatoms. The molecule has 0 spiro atoms. The second kappa shape index (κ2) is 14.6. The van der Waals surface area contributed by atoms with Gasteiger partial charge >= 0.3 is 5.97 Å². The van der Waals surface area contributed by atoms with Gasteiger partial charge in [0, 0.05) is 24.9 Å². The molecule has 2 unspecified atom stereocenters. The number of aliphatic hydroxyl groups is 1. The van der Waals surface area contributed by atoms with Gasteiger partial charge in [0.25, 0.3) is 5.78 Å². The van der Waals surface area contributed by atoms with Gasteiger partial charge in [-0.2, -0.15) is 0 Å². The zero-order valence-corrected chi connectivity index (χ0v) is 21.0. The first-order valence-corrected chi connectivity index (χ1v) is 13.3. The van der Waals surface area contributed by atoms with Gasteiger partial charge < -0.3 is 9.84 Å². The average Bonchev–Trinajstić information content (AvgIpc) is 3.23. The van der Waals surface area contributed by atoms with Crippen LogP contribution in [0.2, 0.25) is 0 Å². The van der Waals surface area contributed by atoms with Crippen molar-refractivity contribution in [2.45, 2.75) is 70.8 Å². The third-order valence-electron chi connectivity index (χ3n) is 7.31. The molecule has 2 bridgehead atoms. The standard InChI is InChI=1S/C30H38O6/c31-19-13-6-2-1-3-10-16-23-24(26-20-25(23)28(33)30(35)29(26)34)17-11-4-5-12-18-27(32)36-21-22-14-8-7-9-15-22/h4,7-11,14-16,23-26,31H,1-3,5-6,12-13,17-21H2/b11-4-,16-10?/t23?,24?,25-,26-/m1/s1. The van der Waals surface area contributed by atoms with Crippen LogP contribution < -0.4 is 0 Å². The number of benzene rings is 1. The van der Waals surface area contributed by atoms with Crippen LogP contribution in [0.5, 0.6) is 0 Å². The van der Waals surface area contributed by atoms with Crippen molar-refractivity contribution >= 4 is 23.3 Å². The molecule has 4 atom stereocenters. The summed E-state index contributed by atoms with van der Waals surface area (Å²) in [5, 5.41) is 8.87. The Hall–Kier alpha value is -2.86. The minimum Gasteiger partial charge on any atom is -0.461 e. The lowest BCUT2D eigenvalue weighted by molar-refractivity contribution is -0.149. The van der Waals surface area contributed by atoms with Crippen LogP contribution in [0.4, 0.5) is 0 Å². The SMILES string of the molecule is O=C(CCC/C=C\CC1C(C=CCCCCCCO)[C@H]2C[C@H]1C(=O)C(=O)C2=O)OCc1ccccc1. The van der Waals surface area contributed by atoms with E-state index >= 15 is 0 Å². The predicted octanol–water partition coefficient (Wildman–Crippen LogP) is 4.93. The van der Waals surface area contributed by atoms with Gasteiger partial charge in [-0.3, -0.25) is 19.2 Å². The number of fused-ring (bicyclic) bond motifs is 2. The van der Waals surface area contributed by atoms with Crippen molar-refractivity contribution in [2.24, 2.45) is 23.7 Å². The number of rotatable bonds is 15. The number of Topliss-reactive ketones (excluding diaryl/α,β-unsaturated/α-hetero) is 3. The van der Waals surface area contributed by atoms with Crippen LogP contribution in [0.3, 0.4) is 0 Å². The summed E-state index contributed by atoms with van der Waals surface area (Å²) in [5.41, 5.74) is 0.962. The van der Waals surface area contributed by atoms with Crippen LogP contribution in [-0.4, -0.2) is 35.0 Å². The summed E-state index contributed by atoms with van der Waals surface area (Å²) in [4.78, 5) is 49.1. The molecule has 0 heterocycles. The van der Waals surface area contributed by atoms with Crippen LogP contribution in [0.1, 0.15) is 69.8 Å². The van der Waals surface area contributed by atoms with E-state index in [4.69, 9.17) is 9.84 Å². The quantitative estimate of drug-likeness (QED) is 0.161. The Morgan fingerprint density at radius 2 is 1.61 bits per heavy atom. The Morgan fingerprint density at radius 1 is 0.889 bits per heavy atom. The van der Waals surface area contributed by atoms with Gasteiger partial charge in [0.05, 0.1) is 0 Å². The molecule has 1 aromatic rings. The van der Waals surface area contributed by atoms with E-state index in [1.54, 1.807) is 0 Å². The van der Waals surface area contributed by atoms with Crippen LogP contribution in [0.15, 0.2) is 54.6 Å². The molecule has 1 aromatic carbocycles. The van der Waals surface area contributed by atoms with Crippen LogP contribution in [0, 0.1) is 23.7 Å². The highest BCUT2D eigenvalue weighted by Gasteiger charge is 2.55. The summed E-state index contributed by atoms with van der Waals surface area (Å²) in [7, 11) is 0. The molecule has 194 valence electrons. The van der Waals surface area contributed by atoms with Gasteiger partial charge in [-0.25, -0.2) is 0 Å². The Kier molecular flexibility index (Phi) is 11.3. The molecule has 1 N–H and O–H groups in total. The lowest BCUT2D eigenvalue weighted by Gasteiger charge is -2.19. The summed E-state index contributed by atoms with van der Waals surface area (Å²) in [6.07, 6.45) is 15.8. The lowest BCUT2D eigenvalue weighted by Crippen LogP contribution is -2.38. The number of ketones is 3. The van der Waals surface area contributed by atoms with E-state index in [-0.39, 0.29) is 42.9 Å². The minimum absolute atomic E-state index is 0.0457. The predicted molar refractivity (Wildman–Crippen MR) is 137 cm³/mol. The zero-order chi connectivity index (χ0) is 25.8. The Labute approximate surface area is 213 Å². The topological polar surface area (TPSA) is 97.7 Å². The van der Waals surface area contributed by atoms with E-state index in [1.807, 2.05) is 42.5 Å². The normalized spacial score (nSPS) is 23.8. The number of ether oxygens (including phenoxy) is 1. The molecule has 2 aliphatic rings. The highest BCUT2D eigenvalue weighted by Crippen LogP contribution is 2.48. The zero-order valence-electron chi connectivity index (χ0n) is 21.0. The maximum atomic E-state index is 12.5. The fourth-order valence-electron chi connectivity index (χ4n) is 5.34. The van der Waals surface area contributed by atoms with Gasteiger partial charge in [-0.15, -0.1) is 0 Å². The van der Waals surface area contributed by atoms with E-state index in [1.165, 1.54) is 0 Å². The van der Waals surface area contributed by atoms with Gasteiger partial charge in [0.1, 0.15) is 6.61 Å². The van der Waals surface area contributed by atoms with E-state index in [0.717, 1.165) is 44.1 Å². The Balaban J connectivity index is 1.45. The van der Waals surface area contributed by atoms with Crippen molar-refractivity contribution in [3.8, 4) is 0 Å². The van der Waals surface area contributed by atoms with E-state index in [2.05, 4.69) is 12.2 Å². The first kappa shape index (κ1) is 27.7. The van der Waals surface area contributed by atoms with Crippen LogP contribution >= 0.6 is 0 Å². The highest BCUT2D eigenvalue weighted by atomic mass is 16.5. The lowest BCUT2D eigenvalue weighted by atomic mass is 9.83. The van der Waals surface area contributed by atoms with Crippen molar-refractivity contribution < 1.29 is 29.0 Å². The van der Waals surface area contributed by atoms with E-state index in [0.29, 0.717) is 25.7 Å². The van der Waals surface area contributed by atoms with Crippen molar-refractivity contribution in [2.75, 3.05) is 6.61 Å². The molecule has 2 aliphatic carbocycles. The molecule has 0 saturated heterocycles. The molecule has 0 aliphatic heterocycles. The molecule has 0 radical (unpaired) electrons. The monoisotopic (exact) mass is 494 g/mol. The van der Waals surface area contributed by atoms with Gasteiger partial charge in [0.15, 0.2) is 0 Å².